The van der Waals surface area contributed by atoms with Crippen molar-refractivity contribution in [2.45, 2.75) is 17.3 Å². The third kappa shape index (κ3) is 6.81. The summed E-state index contributed by atoms with van der Waals surface area (Å²) < 4.78 is 15.6. The highest BCUT2D eigenvalue weighted by Crippen LogP contribution is 2.65. The number of ether oxygens (including phenoxy) is 2. The first-order chi connectivity index (χ1) is 43.2. The van der Waals surface area contributed by atoms with Crippen LogP contribution in [-0.2, 0) is 5.41 Å². The number of para-hydroxylation sites is 2. The fourth-order valence-corrected chi connectivity index (χ4v) is 16.5. The van der Waals surface area contributed by atoms with Gasteiger partial charge < -0.3 is 19.3 Å². The van der Waals surface area contributed by atoms with Gasteiger partial charge in [0.1, 0.15) is 23.4 Å². The molecule has 3 unspecified atom stereocenters. The lowest BCUT2D eigenvalue weighted by molar-refractivity contribution is 0.155. The first-order valence-corrected chi connectivity index (χ1v) is 30.4. The molecule has 0 fully saturated rings. The first kappa shape index (κ1) is 48.6. The highest BCUT2D eigenvalue weighted by atomic mass is 16.5. The summed E-state index contributed by atoms with van der Waals surface area (Å²) in [6.45, 7) is -0.197. The number of rotatable bonds is 6. The summed E-state index contributed by atoms with van der Waals surface area (Å²) in [7, 11) is 0. The van der Waals surface area contributed by atoms with E-state index in [0.29, 0.717) is 0 Å². The molecule has 0 aromatic heterocycles. The lowest BCUT2D eigenvalue weighted by atomic mass is 9.29. The predicted molar refractivity (Wildman–Crippen MR) is 359 cm³/mol. The number of anilines is 6. The summed E-state index contributed by atoms with van der Waals surface area (Å²) in [5.41, 5.74) is 29.3. The van der Waals surface area contributed by atoms with E-state index in [0.717, 1.165) is 51.1 Å². The van der Waals surface area contributed by atoms with E-state index < -0.39 is 5.41 Å². The van der Waals surface area contributed by atoms with Crippen molar-refractivity contribution in [1.82, 2.24) is 0 Å². The van der Waals surface area contributed by atoms with Crippen molar-refractivity contribution in [3.63, 3.8) is 0 Å². The van der Waals surface area contributed by atoms with Crippen molar-refractivity contribution in [2.24, 2.45) is 0 Å². The zero-order valence-electron chi connectivity index (χ0n) is 47.4. The second kappa shape index (κ2) is 18.6. The number of benzene rings is 13. The lowest BCUT2D eigenvalue weighted by Gasteiger charge is -2.47. The van der Waals surface area contributed by atoms with Crippen molar-refractivity contribution in [2.75, 3.05) is 9.80 Å². The minimum atomic E-state index is -0.710. The molecule has 13 aromatic carbocycles. The van der Waals surface area contributed by atoms with Crippen LogP contribution in [0.2, 0.25) is 0 Å². The van der Waals surface area contributed by atoms with Crippen LogP contribution in [0.25, 0.3) is 55.6 Å². The Hall–Kier alpha value is -10.8. The molecule has 4 heterocycles. The van der Waals surface area contributed by atoms with Gasteiger partial charge in [0, 0.05) is 39.7 Å². The minimum absolute atomic E-state index is 0.0582. The molecular weight excluding hydrogens is 1050 g/mol. The molecule has 0 saturated carbocycles. The lowest BCUT2D eigenvalue weighted by Crippen LogP contribution is -2.62. The summed E-state index contributed by atoms with van der Waals surface area (Å²) in [5, 5.41) is 0. The van der Waals surface area contributed by atoms with E-state index in [1.54, 1.807) is 0 Å². The number of fused-ring (bicyclic) bond motifs is 17. The van der Waals surface area contributed by atoms with Gasteiger partial charge in [-0.25, -0.2) is 0 Å². The molecule has 6 heteroatoms. The zero-order chi connectivity index (χ0) is 56.9. The van der Waals surface area contributed by atoms with E-state index in [9.17, 15) is 0 Å². The van der Waals surface area contributed by atoms with Gasteiger partial charge in [-0.15, -0.1) is 0 Å². The van der Waals surface area contributed by atoms with Crippen LogP contribution in [0, 0.1) is 0 Å². The Labute approximate surface area is 507 Å². The van der Waals surface area contributed by atoms with E-state index in [-0.39, 0.29) is 25.3 Å². The summed E-state index contributed by atoms with van der Waals surface area (Å²) in [6, 6.07) is 112. The summed E-state index contributed by atoms with van der Waals surface area (Å²) in [5.74, 6) is 2.61. The molecule has 19 rings (SSSR count). The van der Waals surface area contributed by atoms with E-state index >= 15 is 0 Å². The van der Waals surface area contributed by atoms with Gasteiger partial charge in [-0.05, 0) is 149 Å². The Kier molecular flexibility index (Phi) is 10.4. The van der Waals surface area contributed by atoms with Crippen LogP contribution in [-0.4, -0.2) is 19.5 Å². The molecule has 87 heavy (non-hydrogen) atoms. The smallest absolute Gasteiger partial charge is 0.256 e. The van der Waals surface area contributed by atoms with Gasteiger partial charge in [-0.3, -0.25) is 0 Å². The van der Waals surface area contributed by atoms with Crippen LogP contribution in [0.15, 0.2) is 303 Å². The van der Waals surface area contributed by atoms with Gasteiger partial charge in [0.2, 0.25) is 6.71 Å². The first-order valence-electron chi connectivity index (χ1n) is 30.4. The van der Waals surface area contributed by atoms with Gasteiger partial charge >= 0.3 is 0 Å². The van der Waals surface area contributed by atoms with Crippen LogP contribution >= 0.6 is 0 Å². The molecule has 0 saturated heterocycles. The number of hydrogen-bond acceptors (Lipinski definition) is 4. The molecule has 1 spiro atoms. The molecule has 0 N–H and O–H groups in total. The maximum atomic E-state index is 8.06. The third-order valence-electron chi connectivity index (χ3n) is 19.9. The number of hydrogen-bond donors (Lipinski definition) is 0. The Bertz CT molecular complexity index is 4990. The van der Waals surface area contributed by atoms with Gasteiger partial charge in [0.15, 0.2) is 0 Å². The van der Waals surface area contributed by atoms with Crippen molar-refractivity contribution in [3.05, 3.63) is 326 Å². The van der Waals surface area contributed by atoms with E-state index in [1.165, 1.54) is 105 Å². The Balaban J connectivity index is 0.833. The number of nitrogens with zero attached hydrogens (tertiary/aromatic N) is 2. The average molecular weight is 1110 g/mol. The molecule has 3 atom stereocenters. The molecule has 404 valence electrons. The van der Waals surface area contributed by atoms with E-state index in [2.05, 4.69) is 313 Å². The molecular formula is C81H52B2N2O2. The van der Waals surface area contributed by atoms with Crippen LogP contribution in [0.4, 0.5) is 34.1 Å². The Morgan fingerprint density at radius 2 is 0.793 bits per heavy atom. The van der Waals surface area contributed by atoms with Gasteiger partial charge in [0.25, 0.3) is 6.71 Å². The fraction of sp³-hybridized carbons (Fsp3) is 0.0370. The van der Waals surface area contributed by atoms with Crippen molar-refractivity contribution in [3.8, 4) is 72.9 Å². The van der Waals surface area contributed by atoms with E-state index in [4.69, 9.17) is 9.47 Å². The molecule has 13 aromatic rings. The Morgan fingerprint density at radius 3 is 1.43 bits per heavy atom. The standard InChI is InChI=1S/C81H52B2N2O2/c1-5-23-51(24-6-1)55-43-45-70-65(47-55)82-67-49-61-59-33-13-17-35-62(59)81(64(61)50-76(67)86-74-41-21-39-72(78(74)82)84(70)68-37-19-15-31-57(68)53-27-9-3-10-28-53)63-36-18-14-34-60(63)77-80(81)87-75-42-22-40-73-79(75)83(77)66-48-56(52-25-7-2-8-26-52)44-46-71(66)85(73)69-38-20-16-32-58(69)54-29-11-4-12-30-54/h1-50,77,80H. The minimum Gasteiger partial charge on any atom is -0.489 e. The van der Waals surface area contributed by atoms with Crippen molar-refractivity contribution < 1.29 is 9.47 Å². The van der Waals surface area contributed by atoms with Gasteiger partial charge in [0.05, 0.1) is 16.8 Å². The molecule has 0 amide bonds. The Morgan fingerprint density at radius 1 is 0.299 bits per heavy atom. The zero-order valence-corrected chi connectivity index (χ0v) is 47.4. The monoisotopic (exact) mass is 1110 g/mol. The summed E-state index contributed by atoms with van der Waals surface area (Å²) >= 11 is 0. The maximum Gasteiger partial charge on any atom is 0.256 e. The van der Waals surface area contributed by atoms with Crippen molar-refractivity contribution in [1.29, 1.82) is 0 Å². The van der Waals surface area contributed by atoms with Gasteiger partial charge in [-0.1, -0.05) is 249 Å². The fourth-order valence-electron chi connectivity index (χ4n) is 16.5. The highest BCUT2D eigenvalue weighted by Gasteiger charge is 2.65. The quantitative estimate of drug-likeness (QED) is 0.155. The van der Waals surface area contributed by atoms with Crippen LogP contribution in [0.3, 0.4) is 0 Å². The molecule has 6 aliphatic rings. The molecule has 4 aliphatic heterocycles. The van der Waals surface area contributed by atoms with Gasteiger partial charge in [-0.2, -0.15) is 0 Å². The van der Waals surface area contributed by atoms with Crippen LogP contribution in [0.5, 0.6) is 17.2 Å². The third-order valence-corrected chi connectivity index (χ3v) is 19.9. The van der Waals surface area contributed by atoms with Crippen molar-refractivity contribution >= 4 is 74.9 Å². The van der Waals surface area contributed by atoms with Crippen LogP contribution in [0.1, 0.15) is 28.1 Å². The summed E-state index contributed by atoms with van der Waals surface area (Å²) in [4.78, 5) is 5.00. The average Bonchev–Trinajstić information content (AvgIpc) is 1.54. The summed E-state index contributed by atoms with van der Waals surface area (Å²) in [6.07, 6.45) is -0.330. The predicted octanol–water partition coefficient (Wildman–Crippen LogP) is 16.6. The van der Waals surface area contributed by atoms with E-state index in [1.807, 2.05) is 0 Å². The molecule has 0 bridgehead atoms. The second-order valence-corrected chi connectivity index (χ2v) is 24.0. The highest BCUT2D eigenvalue weighted by molar-refractivity contribution is 6.99. The molecule has 4 nitrogen and oxygen atoms in total. The normalized spacial score (nSPS) is 17.1. The largest absolute Gasteiger partial charge is 0.489 e. The van der Waals surface area contributed by atoms with Crippen LogP contribution < -0.4 is 46.6 Å². The molecule has 2 aliphatic carbocycles. The topological polar surface area (TPSA) is 24.9 Å². The second-order valence-electron chi connectivity index (χ2n) is 24.0. The SMILES string of the molecule is c1ccc(-c2ccc3c(c2)B2c4cc5c(cc4Oc4cccc(c42)N3c2ccccc2-c2ccccc2)C2(c3ccccc3-5)c3ccccc3C3B4c5cc(-c6ccccc6)ccc5N(c5ccccc5-c5ccccc5)c5cccc(c54)OC32)cc1. The molecule has 0 radical (unpaired) electrons. The maximum absolute atomic E-state index is 8.06.